The summed E-state index contributed by atoms with van der Waals surface area (Å²) >= 11 is 6.07. The smallest absolute Gasteiger partial charge is 0.161 e. The molecule has 6 nitrogen and oxygen atoms in total. The average molecular weight is 478 g/mol. The fraction of sp³-hybridized carbons (Fsp3) is 0.0357. The summed E-state index contributed by atoms with van der Waals surface area (Å²) in [7, 11) is 1.66. The molecule has 6 aromatic rings. The molecular formula is C28H20ClN5O. The maximum absolute atomic E-state index is 6.07. The zero-order valence-electron chi connectivity index (χ0n) is 18.8. The van der Waals surface area contributed by atoms with Gasteiger partial charge in [0.2, 0.25) is 0 Å². The first-order chi connectivity index (χ1) is 17.2. The van der Waals surface area contributed by atoms with E-state index in [9.17, 15) is 0 Å². The molecule has 0 saturated heterocycles. The van der Waals surface area contributed by atoms with Gasteiger partial charge in [-0.25, -0.2) is 4.98 Å². The Kier molecular flexibility index (Phi) is 5.28. The maximum atomic E-state index is 6.07. The minimum Gasteiger partial charge on any atom is -0.497 e. The highest BCUT2D eigenvalue weighted by Gasteiger charge is 2.12. The summed E-state index contributed by atoms with van der Waals surface area (Å²) in [6, 6.07) is 29.7. The van der Waals surface area contributed by atoms with Gasteiger partial charge in [0.1, 0.15) is 17.8 Å². The van der Waals surface area contributed by atoms with Gasteiger partial charge in [0.15, 0.2) is 5.82 Å². The number of hydrogen-bond acceptors (Lipinski definition) is 5. The van der Waals surface area contributed by atoms with Crippen molar-refractivity contribution in [3.8, 4) is 22.7 Å². The van der Waals surface area contributed by atoms with Crippen LogP contribution in [0.25, 0.3) is 38.8 Å². The van der Waals surface area contributed by atoms with Crippen LogP contribution in [0, 0.1) is 0 Å². The molecule has 35 heavy (non-hydrogen) atoms. The lowest BCUT2D eigenvalue weighted by Crippen LogP contribution is -1.99. The molecule has 4 aromatic carbocycles. The van der Waals surface area contributed by atoms with E-state index >= 15 is 0 Å². The van der Waals surface area contributed by atoms with Crippen molar-refractivity contribution in [2.45, 2.75) is 0 Å². The van der Waals surface area contributed by atoms with Gasteiger partial charge in [0, 0.05) is 32.7 Å². The largest absolute Gasteiger partial charge is 0.497 e. The second-order valence-electron chi connectivity index (χ2n) is 8.09. The number of nitrogens with zero attached hydrogens (tertiary/aromatic N) is 4. The second kappa shape index (κ2) is 8.74. The number of halogens is 1. The van der Waals surface area contributed by atoms with E-state index in [1.807, 2.05) is 91.3 Å². The third-order valence-corrected chi connectivity index (χ3v) is 6.22. The number of rotatable bonds is 5. The number of ether oxygens (including phenoxy) is 1. The van der Waals surface area contributed by atoms with E-state index in [-0.39, 0.29) is 0 Å². The fourth-order valence-electron chi connectivity index (χ4n) is 4.19. The Labute approximate surface area is 206 Å². The first-order valence-electron chi connectivity index (χ1n) is 11.1. The zero-order chi connectivity index (χ0) is 23.8. The van der Waals surface area contributed by atoms with Crippen LogP contribution in [0.5, 0.6) is 5.75 Å². The first kappa shape index (κ1) is 21.1. The molecule has 170 valence electrons. The van der Waals surface area contributed by atoms with E-state index in [1.165, 1.54) is 0 Å². The molecule has 0 radical (unpaired) electrons. The van der Waals surface area contributed by atoms with Crippen LogP contribution in [-0.4, -0.2) is 26.9 Å². The number of hydrogen-bond donors (Lipinski definition) is 1. The summed E-state index contributed by atoms with van der Waals surface area (Å²) < 4.78 is 7.31. The predicted octanol–water partition coefficient (Wildman–Crippen LogP) is 7.04. The van der Waals surface area contributed by atoms with Gasteiger partial charge >= 0.3 is 0 Å². The normalized spacial score (nSPS) is 11.1. The number of benzene rings is 4. The lowest BCUT2D eigenvalue weighted by molar-refractivity contribution is 0.415. The van der Waals surface area contributed by atoms with Crippen molar-refractivity contribution in [1.29, 1.82) is 0 Å². The van der Waals surface area contributed by atoms with Crippen LogP contribution in [-0.2, 0) is 0 Å². The number of nitrogens with one attached hydrogen (secondary N) is 1. The van der Waals surface area contributed by atoms with Crippen LogP contribution in [0.3, 0.4) is 0 Å². The monoisotopic (exact) mass is 477 g/mol. The molecule has 1 N–H and O–H groups in total. The molecule has 2 heterocycles. The van der Waals surface area contributed by atoms with E-state index in [0.717, 1.165) is 50.2 Å². The molecule has 2 aromatic heterocycles. The summed E-state index contributed by atoms with van der Waals surface area (Å²) in [6.07, 6.45) is 1.83. The van der Waals surface area contributed by atoms with E-state index < -0.39 is 0 Å². The Morgan fingerprint density at radius 1 is 0.829 bits per heavy atom. The molecule has 0 fully saturated rings. The van der Waals surface area contributed by atoms with E-state index in [4.69, 9.17) is 16.3 Å². The van der Waals surface area contributed by atoms with Crippen molar-refractivity contribution in [3.05, 3.63) is 102 Å². The standard InChI is InChI=1S/C28H20ClN5O/c1-35-22-13-11-21(12-14-22)34-17-30-25-16-20(10-15-26(25)34)31-28-24-5-3-2-4-23(24)27(32-33-28)18-6-8-19(29)9-7-18/h2-17H,1H3,(H,31,33). The summed E-state index contributed by atoms with van der Waals surface area (Å²) in [5.74, 6) is 1.51. The Balaban J connectivity index is 1.35. The number of aromatic nitrogens is 4. The summed E-state index contributed by atoms with van der Waals surface area (Å²) in [4.78, 5) is 4.61. The van der Waals surface area contributed by atoms with Crippen LogP contribution < -0.4 is 10.1 Å². The van der Waals surface area contributed by atoms with Gasteiger partial charge in [0.05, 0.1) is 18.1 Å². The molecule has 0 saturated carbocycles. The molecule has 0 atom stereocenters. The van der Waals surface area contributed by atoms with Crippen molar-refractivity contribution in [2.24, 2.45) is 0 Å². The summed E-state index contributed by atoms with van der Waals surface area (Å²) in [5.41, 5.74) is 5.57. The van der Waals surface area contributed by atoms with Gasteiger partial charge in [-0.1, -0.05) is 48.0 Å². The van der Waals surface area contributed by atoms with E-state index in [1.54, 1.807) is 7.11 Å². The van der Waals surface area contributed by atoms with Crippen molar-refractivity contribution in [1.82, 2.24) is 19.7 Å². The maximum Gasteiger partial charge on any atom is 0.161 e. The summed E-state index contributed by atoms with van der Waals surface area (Å²) in [6.45, 7) is 0. The van der Waals surface area contributed by atoms with Crippen molar-refractivity contribution in [3.63, 3.8) is 0 Å². The Bertz CT molecular complexity index is 1660. The summed E-state index contributed by atoms with van der Waals surface area (Å²) in [5, 5.41) is 15.2. The highest BCUT2D eigenvalue weighted by Crippen LogP contribution is 2.32. The van der Waals surface area contributed by atoms with Gasteiger partial charge in [-0.2, -0.15) is 0 Å². The molecule has 0 aliphatic rings. The van der Waals surface area contributed by atoms with Gasteiger partial charge in [-0.05, 0) is 54.6 Å². The minimum absolute atomic E-state index is 0.687. The quantitative estimate of drug-likeness (QED) is 0.288. The first-order valence-corrected chi connectivity index (χ1v) is 11.5. The fourth-order valence-corrected chi connectivity index (χ4v) is 4.32. The lowest BCUT2D eigenvalue weighted by Gasteiger charge is -2.12. The Morgan fingerprint density at radius 2 is 1.60 bits per heavy atom. The predicted molar refractivity (Wildman–Crippen MR) is 141 cm³/mol. The number of fused-ring (bicyclic) bond motifs is 2. The van der Waals surface area contributed by atoms with Crippen LogP contribution in [0.2, 0.25) is 5.02 Å². The zero-order valence-corrected chi connectivity index (χ0v) is 19.6. The molecule has 0 aliphatic heterocycles. The third kappa shape index (κ3) is 3.94. The molecule has 0 aliphatic carbocycles. The Morgan fingerprint density at radius 3 is 2.37 bits per heavy atom. The Hall–Kier alpha value is -4.42. The minimum atomic E-state index is 0.687. The third-order valence-electron chi connectivity index (χ3n) is 5.97. The number of methoxy groups -OCH3 is 1. The molecule has 6 rings (SSSR count). The highest BCUT2D eigenvalue weighted by atomic mass is 35.5. The van der Waals surface area contributed by atoms with Crippen LogP contribution in [0.15, 0.2) is 97.3 Å². The van der Waals surface area contributed by atoms with Crippen LogP contribution in [0.1, 0.15) is 0 Å². The van der Waals surface area contributed by atoms with Crippen molar-refractivity contribution in [2.75, 3.05) is 12.4 Å². The van der Waals surface area contributed by atoms with Gasteiger partial charge in [-0.3, -0.25) is 4.57 Å². The van der Waals surface area contributed by atoms with Crippen molar-refractivity contribution < 1.29 is 4.74 Å². The lowest BCUT2D eigenvalue weighted by atomic mass is 10.0. The topological polar surface area (TPSA) is 64.9 Å². The van der Waals surface area contributed by atoms with Crippen molar-refractivity contribution >= 4 is 44.9 Å². The molecule has 7 heteroatoms. The molecular weight excluding hydrogens is 458 g/mol. The van der Waals surface area contributed by atoms with Crippen LogP contribution in [0.4, 0.5) is 11.5 Å². The molecule has 0 amide bonds. The van der Waals surface area contributed by atoms with Gasteiger partial charge < -0.3 is 10.1 Å². The molecule has 0 bridgehead atoms. The van der Waals surface area contributed by atoms with E-state index in [2.05, 4.69) is 31.1 Å². The average Bonchev–Trinajstić information content (AvgIpc) is 3.33. The molecule has 0 unspecified atom stereocenters. The van der Waals surface area contributed by atoms with Gasteiger partial charge in [-0.15, -0.1) is 10.2 Å². The van der Waals surface area contributed by atoms with Gasteiger partial charge in [0.25, 0.3) is 0 Å². The number of imidazole rings is 1. The number of anilines is 2. The molecule has 0 spiro atoms. The highest BCUT2D eigenvalue weighted by molar-refractivity contribution is 6.30. The van der Waals surface area contributed by atoms with E-state index in [0.29, 0.717) is 10.8 Å². The SMILES string of the molecule is COc1ccc(-n2cnc3cc(Nc4nnc(-c5ccc(Cl)cc5)c5ccccc45)ccc32)cc1. The second-order valence-corrected chi connectivity index (χ2v) is 8.53. The van der Waals surface area contributed by atoms with Crippen LogP contribution >= 0.6 is 11.6 Å².